The van der Waals surface area contributed by atoms with Crippen LogP contribution in [0.5, 0.6) is 0 Å². The third kappa shape index (κ3) is 44.0. The zero-order valence-corrected chi connectivity index (χ0v) is 8.25. The second-order valence-corrected chi connectivity index (χ2v) is 1.49. The van der Waals surface area contributed by atoms with Gasteiger partial charge in [0.1, 0.15) is 0 Å². The van der Waals surface area contributed by atoms with E-state index in [4.69, 9.17) is 10.2 Å². The smallest absolute Gasteiger partial charge is 0.303 e. The van der Waals surface area contributed by atoms with Crippen LogP contribution in [0.3, 0.4) is 0 Å². The van der Waals surface area contributed by atoms with Crippen molar-refractivity contribution < 1.29 is 19.8 Å². The quantitative estimate of drug-likeness (QED) is 0.676. The molecule has 2 N–H and O–H groups in total. The predicted octanol–water partition coefficient (Wildman–Crippen LogP) is 0.581. The summed E-state index contributed by atoms with van der Waals surface area (Å²) in [5, 5.41) is 15.4. The second kappa shape index (κ2) is 12.2. The predicted molar refractivity (Wildman–Crippen MR) is 41.6 cm³/mol. The van der Waals surface area contributed by atoms with Crippen LogP contribution in [0.1, 0.15) is 26.7 Å². The van der Waals surface area contributed by atoms with Crippen molar-refractivity contribution in [2.24, 2.45) is 0 Å². The van der Waals surface area contributed by atoms with Crippen molar-refractivity contribution in [3.8, 4) is 0 Å². The van der Waals surface area contributed by atoms with E-state index in [1.54, 1.807) is 13.8 Å². The fraction of sp³-hybridized carbons (Fsp3) is 0.667. The molecular formula is C6H12O4Se. The van der Waals surface area contributed by atoms with Crippen molar-refractivity contribution in [2.45, 2.75) is 26.7 Å². The maximum Gasteiger partial charge on any atom is 0.303 e. The van der Waals surface area contributed by atoms with Gasteiger partial charge >= 0.3 is 11.9 Å². The first kappa shape index (κ1) is 16.8. The van der Waals surface area contributed by atoms with Crippen LogP contribution < -0.4 is 0 Å². The molecule has 5 heteroatoms. The van der Waals surface area contributed by atoms with Gasteiger partial charge in [0.2, 0.25) is 0 Å². The number of rotatable bonds is 2. The van der Waals surface area contributed by atoms with Crippen molar-refractivity contribution in [1.29, 1.82) is 0 Å². The molecule has 0 heterocycles. The van der Waals surface area contributed by atoms with E-state index in [1.165, 1.54) is 0 Å². The van der Waals surface area contributed by atoms with Crippen LogP contribution in [-0.2, 0) is 9.59 Å². The number of carboxylic acid groups (broad SMARTS) is 2. The second-order valence-electron chi connectivity index (χ2n) is 1.49. The summed E-state index contributed by atoms with van der Waals surface area (Å²) in [5.41, 5.74) is 0. The Balaban J connectivity index is -0.000000107. The van der Waals surface area contributed by atoms with Crippen molar-refractivity contribution in [3.05, 3.63) is 0 Å². The molecule has 11 heavy (non-hydrogen) atoms. The number of carboxylic acids is 2. The van der Waals surface area contributed by atoms with Crippen molar-refractivity contribution in [1.82, 2.24) is 0 Å². The first-order valence-electron chi connectivity index (χ1n) is 2.98. The maximum absolute atomic E-state index is 9.37. The summed E-state index contributed by atoms with van der Waals surface area (Å²) in [5.74, 6) is -1.49. The van der Waals surface area contributed by atoms with Gasteiger partial charge in [-0.25, -0.2) is 0 Å². The molecule has 0 amide bonds. The molecule has 0 aromatic carbocycles. The largest absolute Gasteiger partial charge is 0.481 e. The molecule has 0 unspecified atom stereocenters. The van der Waals surface area contributed by atoms with Gasteiger partial charge in [-0.1, -0.05) is 13.8 Å². The zero-order chi connectivity index (χ0) is 8.57. The minimum absolute atomic E-state index is 0. The van der Waals surface area contributed by atoms with E-state index in [1.807, 2.05) is 0 Å². The van der Waals surface area contributed by atoms with Gasteiger partial charge in [0, 0.05) is 29.9 Å². The summed E-state index contributed by atoms with van der Waals surface area (Å²) in [7, 11) is 0. The van der Waals surface area contributed by atoms with E-state index in [0.29, 0.717) is 0 Å². The molecule has 0 spiro atoms. The molecule has 0 atom stereocenters. The summed E-state index contributed by atoms with van der Waals surface area (Å²) in [4.78, 5) is 18.7. The third-order valence-corrected chi connectivity index (χ3v) is 0.605. The van der Waals surface area contributed by atoms with Crippen molar-refractivity contribution in [3.63, 3.8) is 0 Å². The molecule has 0 saturated heterocycles. The molecular weight excluding hydrogens is 215 g/mol. The molecule has 0 bridgehead atoms. The van der Waals surface area contributed by atoms with E-state index in [9.17, 15) is 9.59 Å². The topological polar surface area (TPSA) is 74.6 Å². The van der Waals surface area contributed by atoms with Crippen LogP contribution in [0.15, 0.2) is 0 Å². The zero-order valence-electron chi connectivity index (χ0n) is 6.53. The van der Waals surface area contributed by atoms with E-state index in [-0.39, 0.29) is 29.9 Å². The van der Waals surface area contributed by atoms with Gasteiger partial charge in [-0.05, 0) is 0 Å². The van der Waals surface area contributed by atoms with Gasteiger partial charge < -0.3 is 10.2 Å². The van der Waals surface area contributed by atoms with E-state index >= 15 is 0 Å². The third-order valence-electron chi connectivity index (χ3n) is 0.605. The molecule has 0 aliphatic heterocycles. The van der Waals surface area contributed by atoms with Gasteiger partial charge in [0.05, 0.1) is 0 Å². The number of hydrogen-bond acceptors (Lipinski definition) is 2. The van der Waals surface area contributed by atoms with Crippen LogP contribution >= 0.6 is 0 Å². The van der Waals surface area contributed by atoms with Crippen LogP contribution in [0.2, 0.25) is 0 Å². The monoisotopic (exact) mass is 228 g/mol. The average molecular weight is 227 g/mol. The maximum atomic E-state index is 9.37. The molecule has 0 aromatic heterocycles. The Labute approximate surface area is 76.1 Å². The van der Waals surface area contributed by atoms with E-state index in [2.05, 4.69) is 0 Å². The summed E-state index contributed by atoms with van der Waals surface area (Å²) >= 11 is 0. The number of carbonyl (C=O) groups is 2. The number of hydrogen-bond donors (Lipinski definition) is 2. The van der Waals surface area contributed by atoms with Crippen LogP contribution in [0.25, 0.3) is 0 Å². The van der Waals surface area contributed by atoms with Gasteiger partial charge in [0.25, 0.3) is 0 Å². The molecule has 0 aromatic rings. The molecule has 0 fully saturated rings. The fourth-order valence-corrected chi connectivity index (χ4v) is 0. The normalized spacial score (nSPS) is 6.73. The fourth-order valence-electron chi connectivity index (χ4n) is 0. The summed E-state index contributed by atoms with van der Waals surface area (Å²) in [6, 6.07) is 0. The van der Waals surface area contributed by atoms with Crippen LogP contribution in [0.4, 0.5) is 0 Å². The molecule has 66 valence electrons. The molecule has 0 rings (SSSR count). The van der Waals surface area contributed by atoms with Gasteiger partial charge in [-0.15, -0.1) is 0 Å². The summed E-state index contributed by atoms with van der Waals surface area (Å²) in [6.07, 6.45) is 0.444. The Morgan fingerprint density at radius 3 is 1.09 bits per heavy atom. The molecule has 0 aliphatic carbocycles. The first-order valence-corrected chi connectivity index (χ1v) is 2.98. The van der Waals surface area contributed by atoms with Gasteiger partial charge in [0.15, 0.2) is 0 Å². The average Bonchev–Trinajstić information content (AvgIpc) is 1.89. The van der Waals surface area contributed by atoms with Gasteiger partial charge in [-0.2, -0.15) is 0 Å². The molecule has 0 aliphatic rings. The van der Waals surface area contributed by atoms with E-state index in [0.717, 1.165) is 0 Å². The van der Waals surface area contributed by atoms with Crippen molar-refractivity contribution >= 4 is 29.0 Å². The Bertz CT molecular complexity index is 99.1. The Hall–Kier alpha value is -0.541. The van der Waals surface area contributed by atoms with Gasteiger partial charge in [-0.3, -0.25) is 9.59 Å². The Morgan fingerprint density at radius 1 is 1.00 bits per heavy atom. The minimum atomic E-state index is -0.745. The Kier molecular flexibility index (Phi) is 18.6. The molecule has 2 radical (unpaired) electrons. The van der Waals surface area contributed by atoms with Crippen LogP contribution in [0, 0.1) is 0 Å². The van der Waals surface area contributed by atoms with Crippen LogP contribution in [-0.4, -0.2) is 39.2 Å². The Morgan fingerprint density at radius 2 is 1.09 bits per heavy atom. The number of aliphatic carboxylic acids is 2. The summed E-state index contributed by atoms with van der Waals surface area (Å²) in [6.45, 7) is 3.20. The van der Waals surface area contributed by atoms with E-state index < -0.39 is 11.9 Å². The molecule has 4 nitrogen and oxygen atoms in total. The van der Waals surface area contributed by atoms with Crippen molar-refractivity contribution in [2.75, 3.05) is 0 Å². The first-order chi connectivity index (χ1) is 4.54. The minimum Gasteiger partial charge on any atom is -0.481 e. The standard InChI is InChI=1S/2C3H6O2.Se/c2*1-2-3(4)5;/h2*2H2,1H3,(H,4,5);. The summed E-state index contributed by atoms with van der Waals surface area (Å²) < 4.78 is 0. The molecule has 0 saturated carbocycles. The SMILES string of the molecule is CCC(=O)O.CCC(=O)O.[Se].